The first kappa shape index (κ1) is 18.8. The molecule has 1 atom stereocenters. The Morgan fingerprint density at radius 2 is 2.07 bits per heavy atom. The normalized spacial score (nSPS) is 16.8. The van der Waals surface area contributed by atoms with E-state index in [0.29, 0.717) is 17.8 Å². The van der Waals surface area contributed by atoms with Crippen LogP contribution in [0.25, 0.3) is 11.3 Å². The third-order valence-corrected chi connectivity index (χ3v) is 6.47. The number of anilines is 1. The summed E-state index contributed by atoms with van der Waals surface area (Å²) >= 11 is 3.02. The van der Waals surface area contributed by atoms with E-state index < -0.39 is 6.04 Å². The van der Waals surface area contributed by atoms with Crippen LogP contribution in [0.4, 0.5) is 5.69 Å². The monoisotopic (exact) mass is 411 g/mol. The Balaban J connectivity index is 1.51. The Morgan fingerprint density at radius 3 is 2.82 bits per heavy atom. The molecule has 2 aromatic heterocycles. The minimum absolute atomic E-state index is 0.0541. The number of aryl methyl sites for hydroxylation is 1. The van der Waals surface area contributed by atoms with E-state index in [4.69, 9.17) is 0 Å². The van der Waals surface area contributed by atoms with Crippen LogP contribution in [0.3, 0.4) is 0 Å². The third-order valence-electron chi connectivity index (χ3n) is 4.84. The van der Waals surface area contributed by atoms with Crippen LogP contribution >= 0.6 is 22.7 Å². The zero-order valence-electron chi connectivity index (χ0n) is 15.6. The number of hydrogen-bond donors (Lipinski definition) is 1. The Morgan fingerprint density at radius 1 is 1.18 bits per heavy atom. The number of thiophene rings is 1. The van der Waals surface area contributed by atoms with E-state index in [9.17, 15) is 9.59 Å². The molecule has 1 fully saturated rings. The maximum absolute atomic E-state index is 13.0. The van der Waals surface area contributed by atoms with E-state index in [2.05, 4.69) is 10.3 Å². The number of piperidine rings is 1. The standard InChI is InChI=1S/C21H21N3O2S2/c1-14-22-17(13-28-14)15-6-4-7-16(12-15)23-20(25)18-8-2-3-10-24(18)21(26)19-9-5-11-27-19/h4-7,9,11-13,18H,2-3,8,10H2,1H3,(H,23,25). The average molecular weight is 412 g/mol. The Kier molecular flexibility index (Phi) is 5.54. The van der Waals surface area contributed by atoms with Gasteiger partial charge in [0.15, 0.2) is 0 Å². The SMILES string of the molecule is Cc1nc(-c2cccc(NC(=O)C3CCCCN3C(=O)c3cccs3)c2)cs1. The number of amides is 2. The van der Waals surface area contributed by atoms with Gasteiger partial charge < -0.3 is 10.2 Å². The Hall–Kier alpha value is -2.51. The molecule has 1 aliphatic rings. The number of carbonyl (C=O) groups excluding carboxylic acids is 2. The van der Waals surface area contributed by atoms with Crippen LogP contribution in [-0.4, -0.2) is 34.3 Å². The van der Waals surface area contributed by atoms with Gasteiger partial charge in [-0.2, -0.15) is 0 Å². The minimum atomic E-state index is -0.437. The van der Waals surface area contributed by atoms with Crippen molar-refractivity contribution >= 4 is 40.2 Å². The maximum atomic E-state index is 13.0. The fraction of sp³-hybridized carbons (Fsp3) is 0.286. The van der Waals surface area contributed by atoms with Crippen LogP contribution < -0.4 is 5.32 Å². The molecule has 0 bridgehead atoms. The van der Waals surface area contributed by atoms with Crippen LogP contribution in [0.15, 0.2) is 47.2 Å². The number of carbonyl (C=O) groups is 2. The van der Waals surface area contributed by atoms with E-state index in [1.807, 2.05) is 54.1 Å². The average Bonchev–Trinajstić information content (AvgIpc) is 3.39. The summed E-state index contributed by atoms with van der Waals surface area (Å²) < 4.78 is 0. The van der Waals surface area contributed by atoms with Crippen molar-refractivity contribution in [2.24, 2.45) is 0 Å². The van der Waals surface area contributed by atoms with Crippen LogP contribution in [0.5, 0.6) is 0 Å². The summed E-state index contributed by atoms with van der Waals surface area (Å²) in [6.07, 6.45) is 2.57. The van der Waals surface area contributed by atoms with Crippen molar-refractivity contribution in [2.75, 3.05) is 11.9 Å². The highest BCUT2D eigenvalue weighted by Gasteiger charge is 2.33. The van der Waals surface area contributed by atoms with Crippen molar-refractivity contribution in [3.05, 3.63) is 57.0 Å². The predicted octanol–water partition coefficient (Wildman–Crippen LogP) is 4.81. The maximum Gasteiger partial charge on any atom is 0.264 e. The molecule has 5 nitrogen and oxygen atoms in total. The fourth-order valence-corrected chi connectivity index (χ4v) is 4.77. The van der Waals surface area contributed by atoms with Gasteiger partial charge in [-0.05, 0) is 49.8 Å². The first-order chi connectivity index (χ1) is 13.6. The van der Waals surface area contributed by atoms with Gasteiger partial charge in [0.25, 0.3) is 5.91 Å². The first-order valence-electron chi connectivity index (χ1n) is 9.30. The zero-order valence-corrected chi connectivity index (χ0v) is 17.2. The van der Waals surface area contributed by atoms with Gasteiger partial charge in [0.1, 0.15) is 6.04 Å². The number of aromatic nitrogens is 1. The van der Waals surface area contributed by atoms with Crippen LogP contribution in [0.2, 0.25) is 0 Å². The molecule has 28 heavy (non-hydrogen) atoms. The Bertz CT molecular complexity index is 981. The lowest BCUT2D eigenvalue weighted by Gasteiger charge is -2.34. The van der Waals surface area contributed by atoms with Gasteiger partial charge in [0.05, 0.1) is 15.6 Å². The second kappa shape index (κ2) is 8.24. The van der Waals surface area contributed by atoms with Crippen molar-refractivity contribution < 1.29 is 9.59 Å². The smallest absolute Gasteiger partial charge is 0.264 e. The first-order valence-corrected chi connectivity index (χ1v) is 11.1. The molecule has 4 rings (SSSR count). The van der Waals surface area contributed by atoms with Crippen molar-refractivity contribution in [1.29, 1.82) is 0 Å². The zero-order chi connectivity index (χ0) is 19.5. The highest BCUT2D eigenvalue weighted by atomic mass is 32.1. The number of benzene rings is 1. The van der Waals surface area contributed by atoms with Crippen molar-refractivity contribution in [3.8, 4) is 11.3 Å². The molecule has 1 aromatic carbocycles. The highest BCUT2D eigenvalue weighted by molar-refractivity contribution is 7.12. The molecular formula is C21H21N3O2S2. The summed E-state index contributed by atoms with van der Waals surface area (Å²) in [7, 11) is 0. The number of nitrogens with zero attached hydrogens (tertiary/aromatic N) is 2. The molecular weight excluding hydrogens is 390 g/mol. The minimum Gasteiger partial charge on any atom is -0.326 e. The fourth-order valence-electron chi connectivity index (χ4n) is 3.47. The molecule has 7 heteroatoms. The van der Waals surface area contributed by atoms with Gasteiger partial charge in [-0.15, -0.1) is 22.7 Å². The molecule has 0 radical (unpaired) electrons. The van der Waals surface area contributed by atoms with Gasteiger partial charge in [-0.25, -0.2) is 4.98 Å². The molecule has 3 aromatic rings. The van der Waals surface area contributed by atoms with E-state index in [1.54, 1.807) is 16.2 Å². The van der Waals surface area contributed by atoms with Gasteiger partial charge in [0.2, 0.25) is 5.91 Å². The lowest BCUT2D eigenvalue weighted by atomic mass is 10.0. The summed E-state index contributed by atoms with van der Waals surface area (Å²) in [6, 6.07) is 10.9. The van der Waals surface area contributed by atoms with E-state index in [1.165, 1.54) is 11.3 Å². The summed E-state index contributed by atoms with van der Waals surface area (Å²) in [5.41, 5.74) is 2.60. The predicted molar refractivity (Wildman–Crippen MR) is 114 cm³/mol. The number of hydrogen-bond acceptors (Lipinski definition) is 5. The molecule has 0 aliphatic carbocycles. The number of likely N-dealkylation sites (tertiary alicyclic amines) is 1. The second-order valence-corrected chi connectivity index (χ2v) is 8.82. The molecule has 0 spiro atoms. The number of nitrogens with one attached hydrogen (secondary N) is 1. The van der Waals surface area contributed by atoms with Crippen molar-refractivity contribution in [1.82, 2.24) is 9.88 Å². The molecule has 1 unspecified atom stereocenters. The highest BCUT2D eigenvalue weighted by Crippen LogP contribution is 2.26. The van der Waals surface area contributed by atoms with Gasteiger partial charge >= 0.3 is 0 Å². The third kappa shape index (κ3) is 4.00. The lowest BCUT2D eigenvalue weighted by Crippen LogP contribution is -2.49. The van der Waals surface area contributed by atoms with Crippen molar-refractivity contribution in [3.63, 3.8) is 0 Å². The van der Waals surface area contributed by atoms with E-state index in [-0.39, 0.29) is 11.8 Å². The lowest BCUT2D eigenvalue weighted by molar-refractivity contribution is -0.121. The topological polar surface area (TPSA) is 62.3 Å². The Labute approximate surface area is 172 Å². The molecule has 0 saturated carbocycles. The van der Waals surface area contributed by atoms with Gasteiger partial charge in [0, 0.05) is 23.2 Å². The largest absolute Gasteiger partial charge is 0.326 e. The number of thiazole rings is 1. The summed E-state index contributed by atoms with van der Waals surface area (Å²) in [5, 5.41) is 7.91. The summed E-state index contributed by atoms with van der Waals surface area (Å²) in [4.78, 5) is 32.7. The van der Waals surface area contributed by atoms with Gasteiger partial charge in [-0.1, -0.05) is 18.2 Å². The van der Waals surface area contributed by atoms with Crippen LogP contribution in [0.1, 0.15) is 33.9 Å². The molecule has 2 amide bonds. The second-order valence-electron chi connectivity index (χ2n) is 6.81. The van der Waals surface area contributed by atoms with Crippen LogP contribution in [-0.2, 0) is 4.79 Å². The van der Waals surface area contributed by atoms with E-state index in [0.717, 1.165) is 34.8 Å². The molecule has 1 aliphatic heterocycles. The van der Waals surface area contributed by atoms with Crippen LogP contribution in [0, 0.1) is 6.92 Å². The number of rotatable bonds is 4. The quantitative estimate of drug-likeness (QED) is 0.670. The molecule has 144 valence electrons. The summed E-state index contributed by atoms with van der Waals surface area (Å²) in [5.74, 6) is -0.183. The van der Waals surface area contributed by atoms with Gasteiger partial charge in [-0.3, -0.25) is 9.59 Å². The van der Waals surface area contributed by atoms with E-state index >= 15 is 0 Å². The molecule has 1 N–H and O–H groups in total. The van der Waals surface area contributed by atoms with Crippen molar-refractivity contribution in [2.45, 2.75) is 32.2 Å². The molecule has 1 saturated heterocycles. The summed E-state index contributed by atoms with van der Waals surface area (Å²) in [6.45, 7) is 2.59. The molecule has 3 heterocycles.